The van der Waals surface area contributed by atoms with E-state index in [9.17, 15) is 9.59 Å². The smallest absolute Gasteiger partial charge is 0.338 e. The summed E-state index contributed by atoms with van der Waals surface area (Å²) in [5.41, 5.74) is 1.64. The van der Waals surface area contributed by atoms with Gasteiger partial charge >= 0.3 is 11.9 Å². The zero-order valence-corrected chi connectivity index (χ0v) is 13.1. The van der Waals surface area contributed by atoms with Crippen LogP contribution >= 0.6 is 0 Å². The summed E-state index contributed by atoms with van der Waals surface area (Å²) in [5, 5.41) is 3.40. The van der Waals surface area contributed by atoms with Crippen LogP contribution in [0.5, 0.6) is 0 Å². The molecule has 22 heavy (non-hydrogen) atoms. The lowest BCUT2D eigenvalue weighted by Gasteiger charge is -2.28. The van der Waals surface area contributed by atoms with E-state index in [2.05, 4.69) is 5.32 Å². The number of rotatable bonds is 5. The SMILES string of the molecule is COC(=O)c1ccccc1CC[C@@H]1CCC(C(=O)OC)CN1. The van der Waals surface area contributed by atoms with E-state index in [4.69, 9.17) is 9.47 Å². The van der Waals surface area contributed by atoms with Crippen molar-refractivity contribution in [2.75, 3.05) is 20.8 Å². The van der Waals surface area contributed by atoms with Gasteiger partial charge in [-0.3, -0.25) is 4.79 Å². The van der Waals surface area contributed by atoms with Crippen LogP contribution in [0, 0.1) is 5.92 Å². The van der Waals surface area contributed by atoms with Crippen molar-refractivity contribution < 1.29 is 19.1 Å². The van der Waals surface area contributed by atoms with Crippen molar-refractivity contribution in [2.45, 2.75) is 31.7 Å². The molecule has 1 N–H and O–H groups in total. The molecule has 0 spiro atoms. The minimum atomic E-state index is -0.294. The lowest BCUT2D eigenvalue weighted by Crippen LogP contribution is -2.42. The Balaban J connectivity index is 1.87. The summed E-state index contributed by atoms with van der Waals surface area (Å²) in [5.74, 6) is -0.469. The highest BCUT2D eigenvalue weighted by atomic mass is 16.5. The Morgan fingerprint density at radius 2 is 1.95 bits per heavy atom. The number of esters is 2. The van der Waals surface area contributed by atoms with Crippen molar-refractivity contribution in [2.24, 2.45) is 5.92 Å². The Morgan fingerprint density at radius 1 is 1.18 bits per heavy atom. The second-order valence-corrected chi connectivity index (χ2v) is 5.59. The van der Waals surface area contributed by atoms with Gasteiger partial charge in [0.1, 0.15) is 0 Å². The Hall–Kier alpha value is -1.88. The highest BCUT2D eigenvalue weighted by Crippen LogP contribution is 2.20. The largest absolute Gasteiger partial charge is 0.469 e. The molecule has 120 valence electrons. The summed E-state index contributed by atoms with van der Waals surface area (Å²) in [6.07, 6.45) is 3.54. The number of benzene rings is 1. The maximum absolute atomic E-state index is 11.7. The van der Waals surface area contributed by atoms with Crippen molar-refractivity contribution in [3.8, 4) is 0 Å². The van der Waals surface area contributed by atoms with Gasteiger partial charge in [0.2, 0.25) is 0 Å². The van der Waals surface area contributed by atoms with E-state index in [0.717, 1.165) is 31.2 Å². The molecular weight excluding hydrogens is 282 g/mol. The quantitative estimate of drug-likeness (QED) is 0.842. The van der Waals surface area contributed by atoms with Gasteiger partial charge < -0.3 is 14.8 Å². The van der Waals surface area contributed by atoms with Crippen molar-refractivity contribution >= 4 is 11.9 Å². The molecule has 0 aromatic heterocycles. The number of carbonyl (C=O) groups is 2. The number of piperidine rings is 1. The van der Waals surface area contributed by atoms with Crippen molar-refractivity contribution in [1.29, 1.82) is 0 Å². The fourth-order valence-electron chi connectivity index (χ4n) is 2.91. The molecule has 0 amide bonds. The lowest BCUT2D eigenvalue weighted by atomic mass is 9.91. The summed E-state index contributed by atoms with van der Waals surface area (Å²) < 4.78 is 9.59. The van der Waals surface area contributed by atoms with Crippen molar-refractivity contribution in [3.05, 3.63) is 35.4 Å². The second-order valence-electron chi connectivity index (χ2n) is 5.59. The molecule has 5 nitrogen and oxygen atoms in total. The molecule has 2 rings (SSSR count). The van der Waals surface area contributed by atoms with Crippen LogP contribution in [0.25, 0.3) is 0 Å². The van der Waals surface area contributed by atoms with E-state index in [1.807, 2.05) is 18.2 Å². The molecule has 5 heteroatoms. The van der Waals surface area contributed by atoms with Crippen LogP contribution in [0.1, 0.15) is 35.2 Å². The number of nitrogens with one attached hydrogen (secondary N) is 1. The van der Waals surface area contributed by atoms with Crippen molar-refractivity contribution in [3.63, 3.8) is 0 Å². The molecule has 1 unspecified atom stereocenters. The standard InChI is InChI=1S/C17H23NO4/c1-21-16(19)13-8-10-14(18-11-13)9-7-12-5-3-4-6-15(12)17(20)22-2/h3-6,13-14,18H,7-11H2,1-2H3/t13?,14-/m1/s1. The third-order valence-corrected chi connectivity index (χ3v) is 4.24. The fraction of sp³-hybridized carbons (Fsp3) is 0.529. The van der Waals surface area contributed by atoms with Gasteiger partial charge in [0, 0.05) is 12.6 Å². The van der Waals surface area contributed by atoms with Gasteiger partial charge in [-0.1, -0.05) is 18.2 Å². The van der Waals surface area contributed by atoms with Crippen LogP contribution in [0.15, 0.2) is 24.3 Å². The molecule has 0 bridgehead atoms. The fourth-order valence-corrected chi connectivity index (χ4v) is 2.91. The predicted molar refractivity (Wildman–Crippen MR) is 82.6 cm³/mol. The number of carbonyl (C=O) groups excluding carboxylic acids is 2. The number of ether oxygens (including phenoxy) is 2. The van der Waals surface area contributed by atoms with Gasteiger partial charge in [-0.25, -0.2) is 4.79 Å². The molecule has 1 aromatic rings. The molecule has 0 aliphatic carbocycles. The summed E-state index contributed by atoms with van der Waals surface area (Å²) >= 11 is 0. The second kappa shape index (κ2) is 7.94. The minimum Gasteiger partial charge on any atom is -0.469 e. The molecule has 0 radical (unpaired) electrons. The molecule has 1 fully saturated rings. The first-order valence-electron chi connectivity index (χ1n) is 7.63. The van der Waals surface area contributed by atoms with Crippen LogP contribution < -0.4 is 5.32 Å². The van der Waals surface area contributed by atoms with E-state index in [0.29, 0.717) is 18.2 Å². The average molecular weight is 305 g/mol. The Morgan fingerprint density at radius 3 is 2.59 bits per heavy atom. The van der Waals surface area contributed by atoms with Gasteiger partial charge in [-0.05, 0) is 37.3 Å². The first kappa shape index (κ1) is 16.5. The topological polar surface area (TPSA) is 64.6 Å². The summed E-state index contributed by atoms with van der Waals surface area (Å²) in [6, 6.07) is 7.90. The number of methoxy groups -OCH3 is 2. The van der Waals surface area contributed by atoms with Gasteiger partial charge in [0.25, 0.3) is 0 Å². The first-order chi connectivity index (χ1) is 10.7. The van der Waals surface area contributed by atoms with E-state index >= 15 is 0 Å². The van der Waals surface area contributed by atoms with Crippen LogP contribution in [0.3, 0.4) is 0 Å². The lowest BCUT2D eigenvalue weighted by molar-refractivity contribution is -0.146. The van der Waals surface area contributed by atoms with E-state index in [-0.39, 0.29) is 17.9 Å². The van der Waals surface area contributed by atoms with Crippen LogP contribution in [-0.4, -0.2) is 38.7 Å². The zero-order chi connectivity index (χ0) is 15.9. The molecule has 2 atom stereocenters. The molecule has 0 saturated carbocycles. The molecule has 1 aromatic carbocycles. The third-order valence-electron chi connectivity index (χ3n) is 4.24. The highest BCUT2D eigenvalue weighted by Gasteiger charge is 2.26. The maximum Gasteiger partial charge on any atom is 0.338 e. The number of aryl methyl sites for hydroxylation is 1. The zero-order valence-electron chi connectivity index (χ0n) is 13.1. The average Bonchev–Trinajstić information content (AvgIpc) is 2.59. The number of hydrogen-bond acceptors (Lipinski definition) is 5. The minimum absolute atomic E-state index is 0.0383. The molecule has 1 saturated heterocycles. The maximum atomic E-state index is 11.7. The van der Waals surface area contributed by atoms with Gasteiger partial charge in [0.05, 0.1) is 25.7 Å². The van der Waals surface area contributed by atoms with Crippen molar-refractivity contribution in [1.82, 2.24) is 5.32 Å². The molecule has 1 aliphatic heterocycles. The highest BCUT2D eigenvalue weighted by molar-refractivity contribution is 5.90. The summed E-state index contributed by atoms with van der Waals surface area (Å²) in [7, 11) is 2.83. The van der Waals surface area contributed by atoms with Gasteiger partial charge in [0.15, 0.2) is 0 Å². The first-order valence-corrected chi connectivity index (χ1v) is 7.63. The summed E-state index contributed by atoms with van der Waals surface area (Å²) in [4.78, 5) is 23.2. The van der Waals surface area contributed by atoms with Gasteiger partial charge in [-0.15, -0.1) is 0 Å². The van der Waals surface area contributed by atoms with Crippen LogP contribution in [0.4, 0.5) is 0 Å². The normalized spacial score (nSPS) is 21.2. The molecule has 1 heterocycles. The van der Waals surface area contributed by atoms with Crippen LogP contribution in [0.2, 0.25) is 0 Å². The third kappa shape index (κ3) is 4.07. The number of hydrogen-bond donors (Lipinski definition) is 1. The van der Waals surface area contributed by atoms with E-state index < -0.39 is 0 Å². The Kier molecular flexibility index (Phi) is 5.95. The van der Waals surface area contributed by atoms with E-state index in [1.165, 1.54) is 14.2 Å². The Bertz CT molecular complexity index is 521. The monoisotopic (exact) mass is 305 g/mol. The molecule has 1 aliphatic rings. The molecular formula is C17H23NO4. The Labute approximate surface area is 131 Å². The van der Waals surface area contributed by atoms with Gasteiger partial charge in [-0.2, -0.15) is 0 Å². The van der Waals surface area contributed by atoms with E-state index in [1.54, 1.807) is 6.07 Å². The summed E-state index contributed by atoms with van der Waals surface area (Å²) in [6.45, 7) is 0.663. The van der Waals surface area contributed by atoms with Crippen LogP contribution in [-0.2, 0) is 20.7 Å². The predicted octanol–water partition coefficient (Wildman–Crippen LogP) is 1.95.